The normalized spacial score (nSPS) is 12.2. The van der Waals surface area contributed by atoms with Gasteiger partial charge in [0, 0.05) is 28.7 Å². The van der Waals surface area contributed by atoms with Crippen LogP contribution in [0.5, 0.6) is 0 Å². The van der Waals surface area contributed by atoms with Gasteiger partial charge in [0.15, 0.2) is 6.10 Å². The molecular formula is C24H23N3O4. The number of aromatic nitrogens is 3. The number of rotatable bonds is 6. The van der Waals surface area contributed by atoms with E-state index < -0.39 is 12.1 Å². The molecule has 0 bridgehead atoms. The zero-order chi connectivity index (χ0) is 22.1. The Hall–Kier alpha value is -3.74. The van der Waals surface area contributed by atoms with Gasteiger partial charge in [-0.25, -0.2) is 4.98 Å². The second-order valence-electron chi connectivity index (χ2n) is 7.63. The minimum absolute atomic E-state index is 0.0383. The Bertz CT molecular complexity index is 1370. The van der Waals surface area contributed by atoms with E-state index >= 15 is 0 Å². The van der Waals surface area contributed by atoms with E-state index in [9.17, 15) is 14.4 Å². The summed E-state index contributed by atoms with van der Waals surface area (Å²) in [4.78, 5) is 45.5. The van der Waals surface area contributed by atoms with E-state index in [-0.39, 0.29) is 24.3 Å². The largest absolute Gasteiger partial charge is 0.454 e. The number of hydrogen-bond donors (Lipinski definition) is 1. The fraction of sp³-hybridized carbons (Fsp3) is 0.250. The molecule has 7 heteroatoms. The number of ether oxygens (including phenoxy) is 1. The molecule has 1 unspecified atom stereocenters. The van der Waals surface area contributed by atoms with Crippen LogP contribution in [0.4, 0.5) is 0 Å². The lowest BCUT2D eigenvalue weighted by molar-refractivity contribution is -0.146. The maximum absolute atomic E-state index is 12.9. The van der Waals surface area contributed by atoms with Crippen molar-refractivity contribution in [3.63, 3.8) is 0 Å². The number of hydrogen-bond acceptors (Lipinski definition) is 5. The van der Waals surface area contributed by atoms with Crippen LogP contribution in [-0.2, 0) is 16.1 Å². The molecule has 0 spiro atoms. The lowest BCUT2D eigenvalue weighted by Gasteiger charge is -2.13. The Morgan fingerprint density at radius 2 is 1.84 bits per heavy atom. The lowest BCUT2D eigenvalue weighted by Crippen LogP contribution is -2.27. The van der Waals surface area contributed by atoms with Crippen LogP contribution in [0.3, 0.4) is 0 Å². The van der Waals surface area contributed by atoms with Gasteiger partial charge in [0.25, 0.3) is 5.56 Å². The molecule has 0 radical (unpaired) electrons. The number of carbonyl (C=O) groups is 2. The first-order valence-electron chi connectivity index (χ1n) is 10.1. The number of para-hydroxylation sites is 2. The summed E-state index contributed by atoms with van der Waals surface area (Å²) in [6.45, 7) is 5.41. The molecule has 31 heavy (non-hydrogen) atoms. The summed E-state index contributed by atoms with van der Waals surface area (Å²) in [6, 6.07) is 12.9. The second kappa shape index (κ2) is 8.18. The molecule has 0 aliphatic carbocycles. The van der Waals surface area contributed by atoms with E-state index in [0.29, 0.717) is 16.5 Å². The number of H-pyrrole nitrogens is 1. The number of esters is 1. The number of nitrogens with one attached hydrogen (secondary N) is 1. The summed E-state index contributed by atoms with van der Waals surface area (Å²) < 4.78 is 6.76. The first kappa shape index (κ1) is 20.5. The summed E-state index contributed by atoms with van der Waals surface area (Å²) in [6.07, 6.45) is 0.470. The summed E-state index contributed by atoms with van der Waals surface area (Å²) >= 11 is 0. The first-order chi connectivity index (χ1) is 14.9. The fourth-order valence-electron chi connectivity index (χ4n) is 3.82. The zero-order valence-electron chi connectivity index (χ0n) is 17.6. The summed E-state index contributed by atoms with van der Waals surface area (Å²) in [7, 11) is 0. The first-order valence-corrected chi connectivity index (χ1v) is 10.1. The summed E-state index contributed by atoms with van der Waals surface area (Å²) in [5.41, 5.74) is 3.49. The van der Waals surface area contributed by atoms with Gasteiger partial charge >= 0.3 is 5.97 Å². The molecular weight excluding hydrogens is 394 g/mol. The van der Waals surface area contributed by atoms with Crippen LogP contribution in [0.2, 0.25) is 0 Å². The molecule has 0 fully saturated rings. The van der Waals surface area contributed by atoms with Gasteiger partial charge in [0.1, 0.15) is 0 Å². The van der Waals surface area contributed by atoms with E-state index in [0.717, 1.165) is 22.2 Å². The van der Waals surface area contributed by atoms with E-state index in [1.807, 2.05) is 44.2 Å². The van der Waals surface area contributed by atoms with Crippen molar-refractivity contribution in [3.05, 3.63) is 76.0 Å². The highest BCUT2D eigenvalue weighted by molar-refractivity contribution is 6.11. The van der Waals surface area contributed by atoms with Gasteiger partial charge in [-0.3, -0.25) is 19.0 Å². The highest BCUT2D eigenvalue weighted by Gasteiger charge is 2.24. The third-order valence-electron chi connectivity index (χ3n) is 5.43. The smallest absolute Gasteiger partial charge is 0.308 e. The van der Waals surface area contributed by atoms with Crippen LogP contribution in [-0.4, -0.2) is 32.4 Å². The van der Waals surface area contributed by atoms with Crippen LogP contribution in [0, 0.1) is 13.8 Å². The molecule has 158 valence electrons. The standard InChI is InChI=1S/C24H23N3O4/c1-14-7-6-9-18-22(14)25-13-27(24(18)30)12-11-20(28)31-16(3)23(29)21-15(2)26-19-10-5-4-8-17(19)21/h4-10,13,16,26H,11-12H2,1-3H3. The van der Waals surface area contributed by atoms with Gasteiger partial charge in [-0.05, 0) is 38.5 Å². The van der Waals surface area contributed by atoms with Gasteiger partial charge < -0.3 is 9.72 Å². The molecule has 4 aromatic rings. The fourth-order valence-corrected chi connectivity index (χ4v) is 3.82. The summed E-state index contributed by atoms with van der Waals surface area (Å²) in [5, 5.41) is 1.31. The Morgan fingerprint density at radius 3 is 2.65 bits per heavy atom. The van der Waals surface area contributed by atoms with Crippen LogP contribution < -0.4 is 5.56 Å². The van der Waals surface area contributed by atoms with Gasteiger partial charge in [-0.2, -0.15) is 0 Å². The SMILES string of the molecule is Cc1[nH]c2ccccc2c1C(=O)C(C)OC(=O)CCn1cnc2c(C)cccc2c1=O. The van der Waals surface area contributed by atoms with Crippen LogP contribution in [0.25, 0.3) is 21.8 Å². The van der Waals surface area contributed by atoms with E-state index in [1.54, 1.807) is 19.1 Å². The third-order valence-corrected chi connectivity index (χ3v) is 5.43. The molecule has 2 aromatic carbocycles. The molecule has 0 saturated heterocycles. The van der Waals surface area contributed by atoms with E-state index in [2.05, 4.69) is 9.97 Å². The molecule has 2 heterocycles. The number of Topliss-reactive ketones (excluding diaryl/α,β-unsaturated/α-hetero) is 1. The van der Waals surface area contributed by atoms with Gasteiger partial charge in [-0.15, -0.1) is 0 Å². The molecule has 7 nitrogen and oxygen atoms in total. The number of nitrogens with zero attached hydrogens (tertiary/aromatic N) is 2. The van der Waals surface area contributed by atoms with Crippen LogP contribution in [0.1, 0.15) is 35.0 Å². The van der Waals surface area contributed by atoms with Crippen molar-refractivity contribution in [2.45, 2.75) is 39.8 Å². The molecule has 0 amide bonds. The zero-order valence-corrected chi connectivity index (χ0v) is 17.6. The van der Waals surface area contributed by atoms with E-state index in [4.69, 9.17) is 4.74 Å². The van der Waals surface area contributed by atoms with Gasteiger partial charge in [0.05, 0.1) is 23.7 Å². The molecule has 2 aromatic heterocycles. The maximum atomic E-state index is 12.9. The second-order valence-corrected chi connectivity index (χ2v) is 7.63. The average molecular weight is 417 g/mol. The maximum Gasteiger partial charge on any atom is 0.308 e. The van der Waals surface area contributed by atoms with Crippen molar-refractivity contribution in [1.82, 2.24) is 14.5 Å². The molecule has 0 aliphatic rings. The molecule has 0 saturated carbocycles. The molecule has 1 atom stereocenters. The highest BCUT2D eigenvalue weighted by Crippen LogP contribution is 2.24. The van der Waals surface area contributed by atoms with Crippen molar-refractivity contribution >= 4 is 33.6 Å². The van der Waals surface area contributed by atoms with Crippen molar-refractivity contribution in [3.8, 4) is 0 Å². The Labute approximate surface area is 178 Å². The predicted octanol–water partition coefficient (Wildman–Crippen LogP) is 3.70. The van der Waals surface area contributed by atoms with Gasteiger partial charge in [0.2, 0.25) is 5.78 Å². The minimum atomic E-state index is -0.931. The van der Waals surface area contributed by atoms with Crippen molar-refractivity contribution in [1.29, 1.82) is 0 Å². The van der Waals surface area contributed by atoms with Crippen molar-refractivity contribution < 1.29 is 14.3 Å². The third kappa shape index (κ3) is 3.86. The number of fused-ring (bicyclic) bond motifs is 2. The number of aryl methyl sites for hydroxylation is 3. The van der Waals surface area contributed by atoms with Crippen molar-refractivity contribution in [2.24, 2.45) is 0 Å². The number of benzene rings is 2. The lowest BCUT2D eigenvalue weighted by atomic mass is 10.0. The average Bonchev–Trinajstić information content (AvgIpc) is 3.08. The topological polar surface area (TPSA) is 94.1 Å². The molecule has 4 rings (SSSR count). The van der Waals surface area contributed by atoms with Gasteiger partial charge in [-0.1, -0.05) is 30.3 Å². The summed E-state index contributed by atoms with van der Waals surface area (Å²) in [5.74, 6) is -0.808. The monoisotopic (exact) mass is 417 g/mol. The minimum Gasteiger partial charge on any atom is -0.454 e. The van der Waals surface area contributed by atoms with Crippen LogP contribution in [0.15, 0.2) is 53.6 Å². The quantitative estimate of drug-likeness (QED) is 0.381. The number of carbonyl (C=O) groups excluding carboxylic acids is 2. The number of ketones is 1. The highest BCUT2D eigenvalue weighted by atomic mass is 16.5. The molecule has 0 aliphatic heterocycles. The Morgan fingerprint density at radius 1 is 1.10 bits per heavy atom. The predicted molar refractivity (Wildman–Crippen MR) is 118 cm³/mol. The number of aromatic amines is 1. The molecule has 1 N–H and O–H groups in total. The Balaban J connectivity index is 1.45. The Kier molecular flexibility index (Phi) is 5.42. The van der Waals surface area contributed by atoms with Crippen LogP contribution >= 0.6 is 0 Å². The van der Waals surface area contributed by atoms with E-state index in [1.165, 1.54) is 10.9 Å². The van der Waals surface area contributed by atoms with Crippen molar-refractivity contribution in [2.75, 3.05) is 0 Å².